The molecule has 0 spiro atoms. The predicted molar refractivity (Wildman–Crippen MR) is 132 cm³/mol. The molecule has 6 heteroatoms. The summed E-state index contributed by atoms with van der Waals surface area (Å²) in [4.78, 5) is 13.1. The second-order valence-corrected chi connectivity index (χ2v) is 10.5. The van der Waals surface area contributed by atoms with Crippen LogP contribution in [0.5, 0.6) is 0 Å². The van der Waals surface area contributed by atoms with E-state index in [0.29, 0.717) is 16.8 Å². The van der Waals surface area contributed by atoms with E-state index in [-0.39, 0.29) is 16.8 Å². The van der Waals surface area contributed by atoms with Gasteiger partial charge in [0, 0.05) is 11.3 Å². The first-order chi connectivity index (χ1) is 15.7. The molecule has 0 saturated carbocycles. The van der Waals surface area contributed by atoms with Gasteiger partial charge >= 0.3 is 0 Å². The van der Waals surface area contributed by atoms with Crippen LogP contribution in [0.25, 0.3) is 0 Å². The Morgan fingerprint density at radius 1 is 0.909 bits per heavy atom. The third-order valence-corrected chi connectivity index (χ3v) is 7.75. The van der Waals surface area contributed by atoms with Crippen molar-refractivity contribution in [2.45, 2.75) is 57.4 Å². The van der Waals surface area contributed by atoms with Gasteiger partial charge in [0.25, 0.3) is 15.9 Å². The number of rotatable bonds is 6. The summed E-state index contributed by atoms with van der Waals surface area (Å²) in [6, 6.07) is 18.2. The molecule has 0 saturated heterocycles. The van der Waals surface area contributed by atoms with Gasteiger partial charge in [0.05, 0.1) is 10.9 Å². The Balaban J connectivity index is 1.53. The standard InChI is InChI=1S/C27H30N2O3S/c1-18-7-6-10-25(15-18)29-33(31,32)26-17-24(12-11-19(26)2)27(30)28-20(3)22-14-13-21-8-4-5-9-23(21)16-22/h6-7,10-17,20,29H,4-5,8-9H2,1-3H3,(H,28,30)/t20-/m1/s1. The summed E-state index contributed by atoms with van der Waals surface area (Å²) in [7, 11) is -3.84. The monoisotopic (exact) mass is 462 g/mol. The molecule has 33 heavy (non-hydrogen) atoms. The highest BCUT2D eigenvalue weighted by atomic mass is 32.2. The van der Waals surface area contributed by atoms with Crippen LogP contribution in [0.3, 0.4) is 0 Å². The number of carbonyl (C=O) groups excluding carboxylic acids is 1. The van der Waals surface area contributed by atoms with Crippen molar-refractivity contribution in [1.29, 1.82) is 0 Å². The molecule has 3 aromatic carbocycles. The summed E-state index contributed by atoms with van der Waals surface area (Å²) in [6.07, 6.45) is 4.63. The first-order valence-corrected chi connectivity index (χ1v) is 12.8. The molecule has 1 aliphatic rings. The molecule has 3 aromatic rings. The molecule has 1 atom stereocenters. The van der Waals surface area contributed by atoms with Crippen LogP contribution in [0, 0.1) is 13.8 Å². The summed E-state index contributed by atoms with van der Waals surface area (Å²) in [6.45, 7) is 5.58. The summed E-state index contributed by atoms with van der Waals surface area (Å²) < 4.78 is 28.7. The van der Waals surface area contributed by atoms with Crippen LogP contribution in [-0.4, -0.2) is 14.3 Å². The fraction of sp³-hybridized carbons (Fsp3) is 0.296. The second kappa shape index (κ2) is 9.40. The normalized spacial score (nSPS) is 14.3. The Labute approximate surface area is 196 Å². The van der Waals surface area contributed by atoms with Gasteiger partial charge in [-0.25, -0.2) is 8.42 Å². The maximum absolute atomic E-state index is 13.0. The van der Waals surface area contributed by atoms with Crippen LogP contribution >= 0.6 is 0 Å². The molecule has 0 fully saturated rings. The highest BCUT2D eigenvalue weighted by Gasteiger charge is 2.21. The van der Waals surface area contributed by atoms with E-state index >= 15 is 0 Å². The lowest BCUT2D eigenvalue weighted by atomic mass is 9.89. The van der Waals surface area contributed by atoms with Gasteiger partial charge in [-0.05, 0) is 98.5 Å². The van der Waals surface area contributed by atoms with Crippen molar-refractivity contribution in [2.24, 2.45) is 0 Å². The lowest BCUT2D eigenvalue weighted by molar-refractivity contribution is 0.0939. The summed E-state index contributed by atoms with van der Waals surface area (Å²) in [5.74, 6) is -0.299. The molecule has 0 aliphatic heterocycles. The predicted octanol–water partition coefficient (Wildman–Crippen LogP) is 5.47. The first-order valence-electron chi connectivity index (χ1n) is 11.4. The third kappa shape index (κ3) is 5.28. The van der Waals surface area contributed by atoms with Crippen LogP contribution in [0.1, 0.15) is 64.0 Å². The minimum atomic E-state index is -3.84. The van der Waals surface area contributed by atoms with Crippen molar-refractivity contribution in [3.63, 3.8) is 0 Å². The topological polar surface area (TPSA) is 75.3 Å². The average Bonchev–Trinajstić information content (AvgIpc) is 2.78. The molecule has 0 radical (unpaired) electrons. The van der Waals surface area contributed by atoms with E-state index in [4.69, 9.17) is 0 Å². The van der Waals surface area contributed by atoms with Gasteiger partial charge in [0.15, 0.2) is 0 Å². The average molecular weight is 463 g/mol. The Bertz CT molecular complexity index is 1300. The van der Waals surface area contributed by atoms with Crippen LogP contribution in [0.2, 0.25) is 0 Å². The van der Waals surface area contributed by atoms with Crippen LogP contribution in [0.4, 0.5) is 5.69 Å². The van der Waals surface area contributed by atoms with Gasteiger partial charge in [-0.1, -0.05) is 36.4 Å². The summed E-state index contributed by atoms with van der Waals surface area (Å²) in [5.41, 5.74) is 6.17. The smallest absolute Gasteiger partial charge is 0.262 e. The number of hydrogen-bond acceptors (Lipinski definition) is 3. The van der Waals surface area contributed by atoms with Crippen molar-refractivity contribution in [2.75, 3.05) is 4.72 Å². The molecule has 172 valence electrons. The van der Waals surface area contributed by atoms with Crippen molar-refractivity contribution >= 4 is 21.6 Å². The Morgan fingerprint density at radius 3 is 2.42 bits per heavy atom. The van der Waals surface area contributed by atoms with E-state index in [1.54, 1.807) is 37.3 Å². The van der Waals surface area contributed by atoms with Gasteiger partial charge in [0.2, 0.25) is 0 Å². The maximum Gasteiger partial charge on any atom is 0.262 e. The van der Waals surface area contributed by atoms with Crippen LogP contribution in [0.15, 0.2) is 65.6 Å². The number of anilines is 1. The largest absolute Gasteiger partial charge is 0.346 e. The Morgan fingerprint density at radius 2 is 1.67 bits per heavy atom. The van der Waals surface area contributed by atoms with Crippen LogP contribution in [-0.2, 0) is 22.9 Å². The molecule has 0 bridgehead atoms. The SMILES string of the molecule is Cc1cccc(NS(=O)(=O)c2cc(C(=O)N[C@H](C)c3ccc4c(c3)CCCC4)ccc2C)c1. The number of amides is 1. The molecule has 0 aromatic heterocycles. The number of aryl methyl sites for hydroxylation is 4. The number of hydrogen-bond donors (Lipinski definition) is 2. The molecule has 0 unspecified atom stereocenters. The van der Waals surface area contributed by atoms with Gasteiger partial charge < -0.3 is 5.32 Å². The first kappa shape index (κ1) is 23.1. The zero-order valence-electron chi connectivity index (χ0n) is 19.3. The quantitative estimate of drug-likeness (QED) is 0.510. The molecule has 1 amide bonds. The van der Waals surface area contributed by atoms with E-state index < -0.39 is 10.0 Å². The minimum absolute atomic E-state index is 0.0955. The molecule has 4 rings (SSSR count). The number of fused-ring (bicyclic) bond motifs is 1. The molecular weight excluding hydrogens is 432 g/mol. The minimum Gasteiger partial charge on any atom is -0.346 e. The van der Waals surface area contributed by atoms with Gasteiger partial charge in [-0.15, -0.1) is 0 Å². The lowest BCUT2D eigenvalue weighted by Gasteiger charge is -2.20. The number of sulfonamides is 1. The molecule has 0 heterocycles. The van der Waals surface area contributed by atoms with Crippen molar-refractivity contribution in [1.82, 2.24) is 5.32 Å². The molecule has 2 N–H and O–H groups in total. The van der Waals surface area contributed by atoms with Crippen molar-refractivity contribution in [3.05, 3.63) is 94.0 Å². The number of nitrogens with one attached hydrogen (secondary N) is 2. The molecule has 1 aliphatic carbocycles. The zero-order valence-corrected chi connectivity index (χ0v) is 20.1. The fourth-order valence-electron chi connectivity index (χ4n) is 4.34. The highest BCUT2D eigenvalue weighted by Crippen LogP contribution is 2.26. The Hall–Kier alpha value is -3.12. The zero-order chi connectivity index (χ0) is 23.6. The second-order valence-electron chi connectivity index (χ2n) is 8.89. The van der Waals surface area contributed by atoms with Gasteiger partial charge in [0.1, 0.15) is 0 Å². The number of benzene rings is 3. The van der Waals surface area contributed by atoms with E-state index in [9.17, 15) is 13.2 Å². The number of carbonyl (C=O) groups is 1. The highest BCUT2D eigenvalue weighted by molar-refractivity contribution is 7.92. The van der Waals surface area contributed by atoms with E-state index in [1.807, 2.05) is 19.9 Å². The van der Waals surface area contributed by atoms with Gasteiger partial charge in [-0.2, -0.15) is 0 Å². The van der Waals surface area contributed by atoms with Crippen molar-refractivity contribution < 1.29 is 13.2 Å². The van der Waals surface area contributed by atoms with Crippen molar-refractivity contribution in [3.8, 4) is 0 Å². The van der Waals surface area contributed by atoms with E-state index in [0.717, 1.165) is 24.0 Å². The summed E-state index contributed by atoms with van der Waals surface area (Å²) >= 11 is 0. The summed E-state index contributed by atoms with van der Waals surface area (Å²) in [5, 5.41) is 3.02. The maximum atomic E-state index is 13.0. The van der Waals surface area contributed by atoms with E-state index in [1.165, 1.54) is 30.0 Å². The third-order valence-electron chi connectivity index (χ3n) is 6.23. The fourth-order valence-corrected chi connectivity index (χ4v) is 5.66. The molecular formula is C27H30N2O3S. The van der Waals surface area contributed by atoms with E-state index in [2.05, 4.69) is 28.2 Å². The van der Waals surface area contributed by atoms with Crippen LogP contribution < -0.4 is 10.0 Å². The molecule has 5 nitrogen and oxygen atoms in total. The Kier molecular flexibility index (Phi) is 6.56. The lowest BCUT2D eigenvalue weighted by Crippen LogP contribution is -2.27. The van der Waals surface area contributed by atoms with Gasteiger partial charge in [-0.3, -0.25) is 9.52 Å².